The molecule has 1 amide bonds. The number of aromatic nitrogens is 3. The van der Waals surface area contributed by atoms with Crippen molar-refractivity contribution in [3.63, 3.8) is 0 Å². The Bertz CT molecular complexity index is 1080. The maximum absolute atomic E-state index is 12.9. The van der Waals surface area contributed by atoms with Gasteiger partial charge in [0.1, 0.15) is 5.69 Å². The summed E-state index contributed by atoms with van der Waals surface area (Å²) in [5.41, 5.74) is 0.998. The number of morpholine rings is 1. The van der Waals surface area contributed by atoms with Crippen molar-refractivity contribution >= 4 is 11.6 Å². The summed E-state index contributed by atoms with van der Waals surface area (Å²) in [5, 5.41) is 9.51. The normalized spacial score (nSPS) is 14.8. The van der Waals surface area contributed by atoms with E-state index in [2.05, 4.69) is 32.2 Å². The van der Waals surface area contributed by atoms with Gasteiger partial charge in [0, 0.05) is 37.4 Å². The van der Waals surface area contributed by atoms with Gasteiger partial charge in [0.15, 0.2) is 5.82 Å². The van der Waals surface area contributed by atoms with Gasteiger partial charge in [0.2, 0.25) is 0 Å². The summed E-state index contributed by atoms with van der Waals surface area (Å²) in [6.45, 7) is 17.5. The van der Waals surface area contributed by atoms with E-state index in [0.717, 1.165) is 57.4 Å². The monoisotopic (exact) mass is 534 g/mol. The molecule has 8 nitrogen and oxygen atoms in total. The number of amides is 1. The summed E-state index contributed by atoms with van der Waals surface area (Å²) in [5.74, 6) is 0.0678. The van der Waals surface area contributed by atoms with Crippen LogP contribution in [0.5, 0.6) is 0 Å². The predicted octanol–water partition coefficient (Wildman–Crippen LogP) is 4.82. The molecular weight excluding hydrogens is 497 g/mol. The van der Waals surface area contributed by atoms with E-state index in [1.165, 1.54) is 18.3 Å². The van der Waals surface area contributed by atoms with Gasteiger partial charge in [-0.25, -0.2) is 9.67 Å². The number of hydrogen-bond donors (Lipinski definition) is 2. The van der Waals surface area contributed by atoms with Crippen molar-refractivity contribution in [3.05, 3.63) is 72.4 Å². The van der Waals surface area contributed by atoms with Crippen LogP contribution in [0.2, 0.25) is 0 Å². The Balaban J connectivity index is 0.000000352. The molecule has 0 bridgehead atoms. The summed E-state index contributed by atoms with van der Waals surface area (Å²) in [6.07, 6.45) is 3.25. The van der Waals surface area contributed by atoms with Gasteiger partial charge in [-0.15, -0.1) is 0 Å². The first-order valence-corrected chi connectivity index (χ1v) is 12.4. The molecule has 2 aromatic rings. The fourth-order valence-electron chi connectivity index (χ4n) is 3.27. The Labute approximate surface area is 222 Å². The number of ether oxygens (including phenoxy) is 1. The number of halogens is 3. The van der Waals surface area contributed by atoms with Crippen molar-refractivity contribution in [2.75, 3.05) is 44.7 Å². The smallest absolute Gasteiger partial charge is 0.388 e. The molecule has 0 radical (unpaired) electrons. The topological polar surface area (TPSA) is 84.3 Å². The fourth-order valence-corrected chi connectivity index (χ4v) is 3.27. The molecule has 38 heavy (non-hydrogen) atoms. The molecule has 2 aromatic heterocycles. The molecule has 1 aliphatic rings. The van der Waals surface area contributed by atoms with Gasteiger partial charge in [-0.05, 0) is 38.0 Å². The van der Waals surface area contributed by atoms with E-state index in [9.17, 15) is 18.0 Å². The van der Waals surface area contributed by atoms with Crippen molar-refractivity contribution in [2.24, 2.45) is 5.92 Å². The van der Waals surface area contributed by atoms with E-state index in [0.29, 0.717) is 21.9 Å². The van der Waals surface area contributed by atoms with Gasteiger partial charge in [0.05, 0.1) is 31.3 Å². The van der Waals surface area contributed by atoms with Crippen LogP contribution < -0.4 is 10.6 Å². The van der Waals surface area contributed by atoms with Gasteiger partial charge in [-0.1, -0.05) is 38.7 Å². The molecule has 0 atom stereocenters. The van der Waals surface area contributed by atoms with Crippen molar-refractivity contribution in [1.29, 1.82) is 0 Å². The van der Waals surface area contributed by atoms with Gasteiger partial charge >= 0.3 is 6.18 Å². The minimum Gasteiger partial charge on any atom is -0.388 e. The van der Waals surface area contributed by atoms with Crippen LogP contribution in [-0.2, 0) is 15.7 Å². The SMILES string of the molecule is C/C(=C\C=C/C(C)C)C(=O)Nc1ccc(-n2nccc2C(F)(F)F)nc1.C=C(C)NCCN1CCOCC1. The van der Waals surface area contributed by atoms with Crippen LogP contribution in [0.3, 0.4) is 0 Å². The Kier molecular flexibility index (Phi) is 12.2. The lowest BCUT2D eigenvalue weighted by atomic mass is 10.2. The molecule has 0 spiro atoms. The highest BCUT2D eigenvalue weighted by molar-refractivity contribution is 6.03. The van der Waals surface area contributed by atoms with E-state index >= 15 is 0 Å². The molecule has 11 heteroatoms. The number of carbonyl (C=O) groups is 1. The van der Waals surface area contributed by atoms with E-state index in [1.54, 1.807) is 19.1 Å². The quantitative estimate of drug-likeness (QED) is 0.354. The lowest BCUT2D eigenvalue weighted by Crippen LogP contribution is -2.39. The highest BCUT2D eigenvalue weighted by atomic mass is 19.4. The number of anilines is 1. The number of rotatable bonds is 9. The Morgan fingerprint density at radius 3 is 2.50 bits per heavy atom. The van der Waals surface area contributed by atoms with Crippen LogP contribution in [0.4, 0.5) is 18.9 Å². The molecule has 0 saturated carbocycles. The summed E-state index contributed by atoms with van der Waals surface area (Å²) in [4.78, 5) is 18.4. The molecular formula is C27H37F3N6O2. The van der Waals surface area contributed by atoms with E-state index in [1.807, 2.05) is 26.8 Å². The Morgan fingerprint density at radius 2 is 1.92 bits per heavy atom. The maximum Gasteiger partial charge on any atom is 0.433 e. The van der Waals surface area contributed by atoms with Crippen molar-refractivity contribution < 1.29 is 22.7 Å². The zero-order chi connectivity index (χ0) is 28.1. The lowest BCUT2D eigenvalue weighted by molar-refractivity contribution is -0.142. The first-order valence-electron chi connectivity index (χ1n) is 12.4. The number of carbonyl (C=O) groups excluding carboxylic acids is 1. The number of hydrogen-bond acceptors (Lipinski definition) is 6. The van der Waals surface area contributed by atoms with E-state index in [-0.39, 0.29) is 11.7 Å². The molecule has 3 heterocycles. The second-order valence-electron chi connectivity index (χ2n) is 9.12. The number of nitrogens with one attached hydrogen (secondary N) is 2. The second kappa shape index (κ2) is 15.1. The maximum atomic E-state index is 12.9. The van der Waals surface area contributed by atoms with E-state index in [4.69, 9.17) is 4.74 Å². The van der Waals surface area contributed by atoms with Crippen molar-refractivity contribution in [1.82, 2.24) is 25.0 Å². The highest BCUT2D eigenvalue weighted by Crippen LogP contribution is 2.30. The first kappa shape index (κ1) is 30.8. The number of alkyl halides is 3. The van der Waals surface area contributed by atoms with Crippen LogP contribution in [0, 0.1) is 5.92 Å². The van der Waals surface area contributed by atoms with Crippen LogP contribution >= 0.6 is 0 Å². The number of nitrogens with zero attached hydrogens (tertiary/aromatic N) is 4. The Hall–Kier alpha value is -3.44. The summed E-state index contributed by atoms with van der Waals surface area (Å²) in [7, 11) is 0. The average Bonchev–Trinajstić information content (AvgIpc) is 3.36. The van der Waals surface area contributed by atoms with Crippen LogP contribution in [0.15, 0.2) is 66.7 Å². The van der Waals surface area contributed by atoms with Gasteiger partial charge in [-0.2, -0.15) is 18.3 Å². The third kappa shape index (κ3) is 10.9. The highest BCUT2D eigenvalue weighted by Gasteiger charge is 2.35. The van der Waals surface area contributed by atoms with Gasteiger partial charge in [-0.3, -0.25) is 9.69 Å². The van der Waals surface area contributed by atoms with Crippen LogP contribution in [0.1, 0.15) is 33.4 Å². The molecule has 1 saturated heterocycles. The van der Waals surface area contributed by atoms with Crippen molar-refractivity contribution in [3.8, 4) is 5.82 Å². The minimum atomic E-state index is -4.53. The number of allylic oxidation sites excluding steroid dienone is 4. The summed E-state index contributed by atoms with van der Waals surface area (Å²) >= 11 is 0. The molecule has 2 N–H and O–H groups in total. The minimum absolute atomic E-state index is 0.00690. The predicted molar refractivity (Wildman–Crippen MR) is 143 cm³/mol. The largest absolute Gasteiger partial charge is 0.433 e. The molecule has 0 unspecified atom stereocenters. The van der Waals surface area contributed by atoms with Gasteiger partial charge < -0.3 is 15.4 Å². The Morgan fingerprint density at radius 1 is 1.21 bits per heavy atom. The summed E-state index contributed by atoms with van der Waals surface area (Å²) in [6, 6.07) is 3.70. The molecule has 208 valence electrons. The molecule has 1 aliphatic heterocycles. The third-order valence-electron chi connectivity index (χ3n) is 5.31. The second-order valence-corrected chi connectivity index (χ2v) is 9.12. The van der Waals surface area contributed by atoms with Crippen molar-refractivity contribution in [2.45, 2.75) is 33.9 Å². The molecule has 0 aromatic carbocycles. The number of pyridine rings is 1. The van der Waals surface area contributed by atoms with Crippen LogP contribution in [-0.4, -0.2) is 65.0 Å². The van der Waals surface area contributed by atoms with Crippen LogP contribution in [0.25, 0.3) is 5.82 Å². The zero-order valence-electron chi connectivity index (χ0n) is 22.4. The van der Waals surface area contributed by atoms with E-state index < -0.39 is 11.9 Å². The average molecular weight is 535 g/mol. The molecule has 3 rings (SSSR count). The lowest BCUT2D eigenvalue weighted by Gasteiger charge is -2.26. The molecule has 1 fully saturated rings. The zero-order valence-corrected chi connectivity index (χ0v) is 22.4. The fraction of sp³-hybridized carbons (Fsp3) is 0.444. The first-order chi connectivity index (χ1) is 18.0. The standard InChI is InChI=1S/C18H19F3N4O.C9H18N2O/c1-12(2)5-4-6-13(3)17(26)24-14-7-8-16(22-11-14)25-15(9-10-23-25)18(19,20)21;1-9(2)10-3-4-11-5-7-12-8-6-11/h4-12H,1-3H3,(H,24,26);10H,1,3-8H2,2H3/b5-4-,13-6+;. The third-order valence-corrected chi connectivity index (χ3v) is 5.31. The summed E-state index contributed by atoms with van der Waals surface area (Å²) < 4.78 is 44.7. The molecule has 0 aliphatic carbocycles. The van der Waals surface area contributed by atoms with Gasteiger partial charge in [0.25, 0.3) is 5.91 Å².